The van der Waals surface area contributed by atoms with E-state index in [0.29, 0.717) is 12.6 Å². The van der Waals surface area contributed by atoms with Crippen molar-refractivity contribution in [2.45, 2.75) is 40.3 Å². The second-order valence-electron chi connectivity index (χ2n) is 6.75. The number of amides is 1. The van der Waals surface area contributed by atoms with E-state index in [4.69, 9.17) is 0 Å². The number of hydrogen-bond donors (Lipinski definition) is 1. The summed E-state index contributed by atoms with van der Waals surface area (Å²) in [6.07, 6.45) is 0. The molecule has 0 atom stereocenters. The third kappa shape index (κ3) is 5.88. The maximum absolute atomic E-state index is 12.5. The van der Waals surface area contributed by atoms with Crippen molar-refractivity contribution in [1.29, 1.82) is 0 Å². The Hall–Kier alpha value is -2.33. The standard InChI is InChI=1S/C22H31N3O/c1-5-24(6-2)21-14-12-20(13-15-21)23-22(26)17-25(18(3)4)16-19-10-8-7-9-11-19/h7-15,18H,5-6,16-17H2,1-4H3,(H,23,26). The Labute approximate surface area is 157 Å². The third-order valence-corrected chi connectivity index (χ3v) is 4.59. The predicted octanol–water partition coefficient (Wildman–Crippen LogP) is 4.38. The zero-order valence-electron chi connectivity index (χ0n) is 16.4. The van der Waals surface area contributed by atoms with Crippen molar-refractivity contribution in [2.75, 3.05) is 29.9 Å². The van der Waals surface area contributed by atoms with Crippen molar-refractivity contribution in [3.63, 3.8) is 0 Å². The highest BCUT2D eigenvalue weighted by Crippen LogP contribution is 2.18. The molecule has 0 aromatic heterocycles. The van der Waals surface area contributed by atoms with Crippen LogP contribution in [0.5, 0.6) is 0 Å². The summed E-state index contributed by atoms with van der Waals surface area (Å²) in [6.45, 7) is 11.6. The van der Waals surface area contributed by atoms with E-state index in [2.05, 4.69) is 67.1 Å². The van der Waals surface area contributed by atoms with Crippen molar-refractivity contribution >= 4 is 17.3 Å². The predicted molar refractivity (Wildman–Crippen MR) is 111 cm³/mol. The molecule has 0 aliphatic rings. The van der Waals surface area contributed by atoms with Crippen LogP contribution in [-0.4, -0.2) is 36.5 Å². The Morgan fingerprint density at radius 1 is 0.962 bits per heavy atom. The minimum atomic E-state index is 0.0187. The summed E-state index contributed by atoms with van der Waals surface area (Å²) >= 11 is 0. The molecule has 4 nitrogen and oxygen atoms in total. The first-order valence-corrected chi connectivity index (χ1v) is 9.46. The van der Waals surface area contributed by atoms with E-state index in [9.17, 15) is 4.79 Å². The SMILES string of the molecule is CCN(CC)c1ccc(NC(=O)CN(Cc2ccccc2)C(C)C)cc1. The first-order chi connectivity index (χ1) is 12.5. The fourth-order valence-corrected chi connectivity index (χ4v) is 2.97. The summed E-state index contributed by atoms with van der Waals surface area (Å²) in [5.41, 5.74) is 3.24. The highest BCUT2D eigenvalue weighted by molar-refractivity contribution is 5.92. The largest absolute Gasteiger partial charge is 0.372 e. The molecule has 140 valence electrons. The molecule has 2 rings (SSSR count). The zero-order chi connectivity index (χ0) is 18.9. The van der Waals surface area contributed by atoms with E-state index >= 15 is 0 Å². The summed E-state index contributed by atoms with van der Waals surface area (Å²) in [5.74, 6) is 0.0187. The molecule has 0 aliphatic heterocycles. The van der Waals surface area contributed by atoms with Gasteiger partial charge in [0.2, 0.25) is 5.91 Å². The van der Waals surface area contributed by atoms with Crippen molar-refractivity contribution < 1.29 is 4.79 Å². The molecule has 2 aromatic rings. The summed E-state index contributed by atoms with van der Waals surface area (Å²) in [4.78, 5) is 16.9. The van der Waals surface area contributed by atoms with E-state index in [0.717, 1.165) is 25.3 Å². The molecule has 26 heavy (non-hydrogen) atoms. The van der Waals surface area contributed by atoms with E-state index in [1.54, 1.807) is 0 Å². The van der Waals surface area contributed by atoms with E-state index < -0.39 is 0 Å². The van der Waals surface area contributed by atoms with Crippen LogP contribution in [0.4, 0.5) is 11.4 Å². The third-order valence-electron chi connectivity index (χ3n) is 4.59. The van der Waals surface area contributed by atoms with Crippen LogP contribution in [0.25, 0.3) is 0 Å². The molecular formula is C22H31N3O. The molecule has 2 aromatic carbocycles. The summed E-state index contributed by atoms with van der Waals surface area (Å²) in [6, 6.07) is 18.6. The van der Waals surface area contributed by atoms with Gasteiger partial charge in [0.05, 0.1) is 6.54 Å². The first kappa shape index (κ1) is 20.0. The number of rotatable bonds is 9. The molecule has 1 N–H and O–H groups in total. The molecule has 0 radical (unpaired) electrons. The van der Waals surface area contributed by atoms with Crippen LogP contribution in [0.3, 0.4) is 0 Å². The zero-order valence-corrected chi connectivity index (χ0v) is 16.4. The first-order valence-electron chi connectivity index (χ1n) is 9.46. The topological polar surface area (TPSA) is 35.6 Å². The minimum Gasteiger partial charge on any atom is -0.372 e. The average molecular weight is 354 g/mol. The molecule has 0 heterocycles. The van der Waals surface area contributed by atoms with Crippen molar-refractivity contribution in [1.82, 2.24) is 4.90 Å². The number of benzene rings is 2. The second kappa shape index (κ2) is 9.97. The lowest BCUT2D eigenvalue weighted by Crippen LogP contribution is -2.37. The molecule has 0 saturated heterocycles. The van der Waals surface area contributed by atoms with Gasteiger partial charge in [-0.3, -0.25) is 9.69 Å². The summed E-state index contributed by atoms with van der Waals surface area (Å²) in [5, 5.41) is 3.02. The van der Waals surface area contributed by atoms with Gasteiger partial charge in [0.25, 0.3) is 0 Å². The molecule has 0 spiro atoms. The van der Waals surface area contributed by atoms with Crippen LogP contribution in [0, 0.1) is 0 Å². The average Bonchev–Trinajstić information content (AvgIpc) is 2.64. The van der Waals surface area contributed by atoms with Gasteiger partial charge in [0.1, 0.15) is 0 Å². The van der Waals surface area contributed by atoms with Crippen molar-refractivity contribution in [2.24, 2.45) is 0 Å². The number of nitrogens with zero attached hydrogens (tertiary/aromatic N) is 2. The van der Waals surface area contributed by atoms with Crippen LogP contribution in [-0.2, 0) is 11.3 Å². The minimum absolute atomic E-state index is 0.0187. The quantitative estimate of drug-likeness (QED) is 0.726. The smallest absolute Gasteiger partial charge is 0.238 e. The Morgan fingerprint density at radius 2 is 1.58 bits per heavy atom. The normalized spacial score (nSPS) is 11.0. The van der Waals surface area contributed by atoms with Gasteiger partial charge < -0.3 is 10.2 Å². The second-order valence-corrected chi connectivity index (χ2v) is 6.75. The van der Waals surface area contributed by atoms with Gasteiger partial charge >= 0.3 is 0 Å². The highest BCUT2D eigenvalue weighted by atomic mass is 16.2. The lowest BCUT2D eigenvalue weighted by atomic mass is 10.2. The van der Waals surface area contributed by atoms with Gasteiger partial charge in [0.15, 0.2) is 0 Å². The molecule has 0 unspecified atom stereocenters. The fraction of sp³-hybridized carbons (Fsp3) is 0.409. The summed E-state index contributed by atoms with van der Waals surface area (Å²) in [7, 11) is 0. The van der Waals surface area contributed by atoms with Gasteiger partial charge in [-0.05, 0) is 57.5 Å². The van der Waals surface area contributed by atoms with E-state index in [-0.39, 0.29) is 5.91 Å². The van der Waals surface area contributed by atoms with E-state index in [1.807, 2.05) is 30.3 Å². The molecule has 0 saturated carbocycles. The van der Waals surface area contributed by atoms with Gasteiger partial charge in [-0.1, -0.05) is 30.3 Å². The van der Waals surface area contributed by atoms with Crippen LogP contribution >= 0.6 is 0 Å². The maximum Gasteiger partial charge on any atom is 0.238 e. The summed E-state index contributed by atoms with van der Waals surface area (Å²) < 4.78 is 0. The number of carbonyl (C=O) groups is 1. The Bertz CT molecular complexity index is 664. The molecule has 0 aliphatic carbocycles. The monoisotopic (exact) mass is 353 g/mol. The molecule has 1 amide bonds. The molecule has 0 fully saturated rings. The Kier molecular flexibility index (Phi) is 7.67. The lowest BCUT2D eigenvalue weighted by Gasteiger charge is -2.26. The van der Waals surface area contributed by atoms with Gasteiger partial charge in [-0.25, -0.2) is 0 Å². The molecule has 0 bridgehead atoms. The highest BCUT2D eigenvalue weighted by Gasteiger charge is 2.15. The molecule has 4 heteroatoms. The van der Waals surface area contributed by atoms with Crippen molar-refractivity contribution in [3.8, 4) is 0 Å². The number of nitrogens with one attached hydrogen (secondary N) is 1. The van der Waals surface area contributed by atoms with Crippen LogP contribution in [0.2, 0.25) is 0 Å². The number of carbonyl (C=O) groups excluding carboxylic acids is 1. The van der Waals surface area contributed by atoms with Gasteiger partial charge in [0, 0.05) is 37.1 Å². The van der Waals surface area contributed by atoms with Crippen LogP contribution in [0.1, 0.15) is 33.3 Å². The maximum atomic E-state index is 12.5. The van der Waals surface area contributed by atoms with Crippen LogP contribution in [0.15, 0.2) is 54.6 Å². The lowest BCUT2D eigenvalue weighted by molar-refractivity contribution is -0.117. The number of hydrogen-bond acceptors (Lipinski definition) is 3. The molecular weight excluding hydrogens is 322 g/mol. The Morgan fingerprint density at radius 3 is 2.12 bits per heavy atom. The Balaban J connectivity index is 1.95. The van der Waals surface area contributed by atoms with Gasteiger partial charge in [-0.2, -0.15) is 0 Å². The van der Waals surface area contributed by atoms with E-state index in [1.165, 1.54) is 11.3 Å². The number of anilines is 2. The van der Waals surface area contributed by atoms with Crippen molar-refractivity contribution in [3.05, 3.63) is 60.2 Å². The fourth-order valence-electron chi connectivity index (χ4n) is 2.97. The van der Waals surface area contributed by atoms with Crippen LogP contribution < -0.4 is 10.2 Å². The van der Waals surface area contributed by atoms with Gasteiger partial charge in [-0.15, -0.1) is 0 Å².